The Labute approximate surface area is 431 Å². The van der Waals surface area contributed by atoms with Gasteiger partial charge in [-0.2, -0.15) is 0 Å². The van der Waals surface area contributed by atoms with E-state index in [1.54, 1.807) is 13.8 Å². The highest BCUT2D eigenvalue weighted by atomic mass is 16.7. The zero-order valence-electron chi connectivity index (χ0n) is 42.8. The molecule has 0 unspecified atom stereocenters. The third-order valence-electron chi connectivity index (χ3n) is 12.2. The summed E-state index contributed by atoms with van der Waals surface area (Å²) in [4.78, 5) is 128. The maximum absolute atomic E-state index is 14.0. The number of aliphatic hydroxyl groups is 6. The van der Waals surface area contributed by atoms with E-state index >= 15 is 0 Å². The first-order chi connectivity index (χ1) is 35.0. The number of aliphatic hydroxyl groups excluding tert-OH is 6. The molecule has 2 saturated heterocycles. The third kappa shape index (κ3) is 19.7. The van der Waals surface area contributed by atoms with Crippen molar-refractivity contribution in [3.8, 4) is 0 Å². The number of amides is 8. The minimum Gasteiger partial charge on any atom is -0.481 e. The fourth-order valence-electron chi connectivity index (χ4n) is 7.33. The molecule has 2 aliphatic heterocycles. The first-order valence-corrected chi connectivity index (χ1v) is 24.1. The van der Waals surface area contributed by atoms with Gasteiger partial charge in [-0.1, -0.05) is 20.3 Å². The van der Waals surface area contributed by atoms with Gasteiger partial charge in [-0.3, -0.25) is 43.2 Å². The first-order valence-electron chi connectivity index (χ1n) is 24.1. The summed E-state index contributed by atoms with van der Waals surface area (Å²) in [5, 5.41) is 99.9. The van der Waals surface area contributed by atoms with Crippen LogP contribution in [0.1, 0.15) is 81.1 Å². The van der Waals surface area contributed by atoms with Crippen LogP contribution < -0.4 is 48.3 Å². The highest BCUT2D eigenvalue weighted by Crippen LogP contribution is 2.30. The Morgan fingerprint density at radius 3 is 1.47 bits per heavy atom. The van der Waals surface area contributed by atoms with Gasteiger partial charge in [0.25, 0.3) is 0 Å². The van der Waals surface area contributed by atoms with Crippen LogP contribution in [0.2, 0.25) is 0 Å². The number of carbonyl (C=O) groups excluding carboxylic acids is 8. The molecule has 0 bridgehead atoms. The summed E-state index contributed by atoms with van der Waals surface area (Å²) in [6, 6.07) is -12.7. The Bertz CT molecular complexity index is 1980. The van der Waals surface area contributed by atoms with E-state index < -0.39 is 214 Å². The molecule has 19 atom stereocenters. The molecule has 0 aromatic rings. The molecule has 0 aromatic heterocycles. The van der Waals surface area contributed by atoms with Crippen LogP contribution in [0.3, 0.4) is 0 Å². The normalized spacial score (nSPS) is 27.1. The SMILES string of the molecule is CC[C@H](C)[C@H](NC(=O)[C@H](C)NC(=O)[C@H](C)NC(=O)[C@H](C)NC(=O)[C@H](CCO[C@H]1O[C@H](CO)[C@H](O)[C@H](O[C@@H]2O[C@H](CO)[C@H](O)[C@H](O)[C@H]2O)[C@H]1NC(C)=O)NC(=O)[C@H](C)NC(=O)[C@H](CCC(=O)O)NC(=O)[C@H](C)N)C(=O)O. The number of nitrogens with one attached hydrogen (secondary N) is 8. The van der Waals surface area contributed by atoms with Gasteiger partial charge in [-0.15, -0.1) is 0 Å². The fourth-order valence-corrected chi connectivity index (χ4v) is 7.33. The number of rotatable bonds is 29. The molecular formula is C44H75N9O22. The van der Waals surface area contributed by atoms with Crippen molar-refractivity contribution in [1.29, 1.82) is 0 Å². The van der Waals surface area contributed by atoms with Crippen molar-refractivity contribution in [3.05, 3.63) is 0 Å². The number of nitrogens with two attached hydrogens (primary N) is 1. The van der Waals surface area contributed by atoms with Crippen molar-refractivity contribution >= 4 is 59.2 Å². The molecule has 2 heterocycles. The van der Waals surface area contributed by atoms with Gasteiger partial charge in [0.2, 0.25) is 47.3 Å². The molecule has 428 valence electrons. The Balaban J connectivity index is 2.39. The molecule has 31 nitrogen and oxygen atoms in total. The standard InChI is InChI=1S/C44H75N9O22/c1-9-16(2)28(42(70)71)53-39(67)21(7)47-36(64)18(4)46-37(65)19(5)48-41(69)24(52-38(66)20(6)49-40(68)23(10-11-27(57)58)51-35(63)17(3)45)12-13-72-43-29(50-22(8)56)34(31(60)26(15-55)73-43)75-44-33(62)32(61)30(59)25(14-54)74-44/h16-21,23-26,28-34,43-44,54-55,59-62H,9-15,45H2,1-8H3,(H,46,65)(H,47,64)(H,48,69)(H,49,68)(H,50,56)(H,51,63)(H,52,66)(H,53,67)(H,57,58)(H,70,71)/t16-,17-,18-,19-,20-,21-,23-,24-,25+,26+,28-,29+,30-,31-,32-,33+,34+,43-,44-/m0/s1. The lowest BCUT2D eigenvalue weighted by Gasteiger charge is -2.47. The minimum absolute atomic E-state index is 0.415. The Kier molecular flexibility index (Phi) is 26.8. The molecule has 31 heteroatoms. The number of hydrogen-bond donors (Lipinski definition) is 17. The van der Waals surface area contributed by atoms with Gasteiger partial charge in [0, 0.05) is 19.8 Å². The monoisotopic (exact) mass is 1080 g/mol. The summed E-state index contributed by atoms with van der Waals surface area (Å²) in [6.07, 6.45) is -16.9. The second-order valence-electron chi connectivity index (χ2n) is 18.4. The van der Waals surface area contributed by atoms with Crippen LogP contribution in [-0.4, -0.2) is 230 Å². The topological polar surface area (TPSA) is 492 Å². The van der Waals surface area contributed by atoms with Gasteiger partial charge >= 0.3 is 11.9 Å². The van der Waals surface area contributed by atoms with Crippen molar-refractivity contribution in [2.75, 3.05) is 19.8 Å². The van der Waals surface area contributed by atoms with Crippen LogP contribution in [0, 0.1) is 5.92 Å². The molecule has 2 fully saturated rings. The van der Waals surface area contributed by atoms with Crippen molar-refractivity contribution in [1.82, 2.24) is 42.5 Å². The van der Waals surface area contributed by atoms with Crippen LogP contribution in [0.5, 0.6) is 0 Å². The summed E-state index contributed by atoms with van der Waals surface area (Å²) in [5.41, 5.74) is 5.59. The number of ether oxygens (including phenoxy) is 4. The molecule has 0 aromatic carbocycles. The van der Waals surface area contributed by atoms with E-state index in [0.717, 1.165) is 6.92 Å². The van der Waals surface area contributed by atoms with Crippen LogP contribution in [-0.2, 0) is 66.9 Å². The molecule has 8 amide bonds. The number of carboxylic acids is 2. The van der Waals surface area contributed by atoms with E-state index in [-0.39, 0.29) is 0 Å². The Hall–Kier alpha value is -5.74. The highest BCUT2D eigenvalue weighted by Gasteiger charge is 2.52. The molecule has 2 aliphatic rings. The average Bonchev–Trinajstić information content (AvgIpc) is 3.34. The molecule has 0 radical (unpaired) electrons. The van der Waals surface area contributed by atoms with E-state index in [0.29, 0.717) is 6.42 Å². The maximum Gasteiger partial charge on any atom is 0.326 e. The number of carboxylic acid groups (broad SMARTS) is 2. The van der Waals surface area contributed by atoms with Gasteiger partial charge in [-0.25, -0.2) is 4.79 Å². The van der Waals surface area contributed by atoms with Gasteiger partial charge in [-0.05, 0) is 47.0 Å². The van der Waals surface area contributed by atoms with Crippen molar-refractivity contribution in [2.24, 2.45) is 11.7 Å². The lowest BCUT2D eigenvalue weighted by atomic mass is 9.95. The number of aliphatic carboxylic acids is 2. The van der Waals surface area contributed by atoms with Crippen LogP contribution in [0.4, 0.5) is 0 Å². The van der Waals surface area contributed by atoms with Crippen molar-refractivity contribution in [2.45, 2.75) is 191 Å². The maximum atomic E-state index is 14.0. The van der Waals surface area contributed by atoms with Crippen molar-refractivity contribution in [3.63, 3.8) is 0 Å². The highest BCUT2D eigenvalue weighted by molar-refractivity contribution is 5.97. The summed E-state index contributed by atoms with van der Waals surface area (Å²) in [7, 11) is 0. The molecular weight excluding hydrogens is 1010 g/mol. The third-order valence-corrected chi connectivity index (χ3v) is 12.2. The van der Waals surface area contributed by atoms with E-state index in [2.05, 4.69) is 42.5 Å². The number of carbonyl (C=O) groups is 10. The van der Waals surface area contributed by atoms with Gasteiger partial charge < -0.3 is 108 Å². The van der Waals surface area contributed by atoms with E-state index in [1.807, 2.05) is 0 Å². The van der Waals surface area contributed by atoms with Gasteiger partial charge in [0.1, 0.15) is 91.1 Å². The van der Waals surface area contributed by atoms with Crippen molar-refractivity contribution < 1.29 is 108 Å². The smallest absolute Gasteiger partial charge is 0.326 e. The van der Waals surface area contributed by atoms with Crippen LogP contribution >= 0.6 is 0 Å². The molecule has 0 aliphatic carbocycles. The molecule has 0 saturated carbocycles. The minimum atomic E-state index is -1.98. The summed E-state index contributed by atoms with van der Waals surface area (Å²) in [6.45, 7) is 8.24. The van der Waals surface area contributed by atoms with Crippen LogP contribution in [0.15, 0.2) is 0 Å². The largest absolute Gasteiger partial charge is 0.481 e. The predicted molar refractivity (Wildman–Crippen MR) is 252 cm³/mol. The van der Waals surface area contributed by atoms with E-state index in [1.165, 1.54) is 34.6 Å². The molecule has 75 heavy (non-hydrogen) atoms. The molecule has 2 rings (SSSR count). The first kappa shape index (κ1) is 65.4. The summed E-state index contributed by atoms with van der Waals surface area (Å²) in [5.74, 6) is -10.4. The van der Waals surface area contributed by atoms with E-state index in [4.69, 9.17) is 24.7 Å². The Morgan fingerprint density at radius 2 is 1.01 bits per heavy atom. The number of hydrogen-bond acceptors (Lipinski definition) is 21. The predicted octanol–water partition coefficient (Wildman–Crippen LogP) is -8.02. The lowest BCUT2D eigenvalue weighted by Crippen LogP contribution is -2.68. The second kappa shape index (κ2) is 30.7. The molecule has 0 spiro atoms. The Morgan fingerprint density at radius 1 is 0.573 bits per heavy atom. The average molecular weight is 1080 g/mol. The summed E-state index contributed by atoms with van der Waals surface area (Å²) < 4.78 is 22.8. The van der Waals surface area contributed by atoms with Crippen LogP contribution in [0.25, 0.3) is 0 Å². The molecule has 18 N–H and O–H groups in total. The van der Waals surface area contributed by atoms with Gasteiger partial charge in [0.05, 0.1) is 25.9 Å². The zero-order chi connectivity index (χ0) is 57.2. The van der Waals surface area contributed by atoms with Gasteiger partial charge in [0.15, 0.2) is 12.6 Å². The van der Waals surface area contributed by atoms with E-state index in [9.17, 15) is 88.8 Å². The lowest BCUT2D eigenvalue weighted by molar-refractivity contribution is -0.344. The quantitative estimate of drug-likeness (QED) is 0.0331. The zero-order valence-corrected chi connectivity index (χ0v) is 42.8. The second-order valence-corrected chi connectivity index (χ2v) is 18.4. The summed E-state index contributed by atoms with van der Waals surface area (Å²) >= 11 is 0. The fraction of sp³-hybridized carbons (Fsp3) is 0.773.